The average molecular weight is 391 g/mol. The molecule has 3 nitrogen and oxygen atoms in total. The molecule has 4 aliphatic rings. The molecule has 7 unspecified atom stereocenters. The van der Waals surface area contributed by atoms with Gasteiger partial charge in [0.15, 0.2) is 0 Å². The molecule has 0 aromatic carbocycles. The minimum absolute atomic E-state index is 0.00125. The van der Waals surface area contributed by atoms with Crippen molar-refractivity contribution in [3.8, 4) is 0 Å². The Kier molecular flexibility index (Phi) is 5.58. The lowest BCUT2D eigenvalue weighted by molar-refractivity contribution is -0.203. The summed E-state index contributed by atoms with van der Waals surface area (Å²) in [7, 11) is 0. The zero-order chi connectivity index (χ0) is 21.1. The van der Waals surface area contributed by atoms with Gasteiger partial charge in [-0.1, -0.05) is 60.6 Å². The largest absolute Gasteiger partial charge is 0.459 e. The smallest absolute Gasteiger partial charge is 0.310 e. The van der Waals surface area contributed by atoms with E-state index in [4.69, 9.17) is 4.74 Å². The number of rotatable bonds is 5. The van der Waals surface area contributed by atoms with Crippen LogP contribution in [0.25, 0.3) is 0 Å². The van der Waals surface area contributed by atoms with Gasteiger partial charge in [0.25, 0.3) is 0 Å². The summed E-state index contributed by atoms with van der Waals surface area (Å²) in [5.74, 6) is 2.42. The van der Waals surface area contributed by atoms with Crippen molar-refractivity contribution >= 4 is 5.97 Å². The number of carbonyl (C=O) groups is 1. The number of esters is 1. The van der Waals surface area contributed by atoms with Gasteiger partial charge in [-0.15, -0.1) is 0 Å². The molecule has 7 atom stereocenters. The number of allylic oxidation sites excluding steroid dienone is 1. The van der Waals surface area contributed by atoms with Crippen molar-refractivity contribution in [1.82, 2.24) is 0 Å². The Morgan fingerprint density at radius 3 is 2.32 bits per heavy atom. The number of hydrogen-bond acceptors (Lipinski definition) is 3. The number of carbonyl (C=O) groups excluding carboxylic acids is 1. The Hall–Kier alpha value is -0.830. The molecular formula is C25H42O3. The first-order valence-electron chi connectivity index (χ1n) is 11.3. The van der Waals surface area contributed by atoms with E-state index < -0.39 is 0 Å². The summed E-state index contributed by atoms with van der Waals surface area (Å²) in [4.78, 5) is 13.4. The fourth-order valence-electron chi connectivity index (χ4n) is 6.62. The Morgan fingerprint density at radius 2 is 1.79 bits per heavy atom. The highest BCUT2D eigenvalue weighted by molar-refractivity contribution is 5.74. The van der Waals surface area contributed by atoms with E-state index in [0.29, 0.717) is 29.6 Å². The van der Waals surface area contributed by atoms with Crippen molar-refractivity contribution in [2.75, 3.05) is 6.61 Å². The molecule has 4 aliphatic carbocycles. The fraction of sp³-hybridized carbons (Fsp3) is 0.880. The maximum absolute atomic E-state index is 13.4. The molecule has 3 heteroatoms. The summed E-state index contributed by atoms with van der Waals surface area (Å²) in [6.07, 6.45) is 4.53. The van der Waals surface area contributed by atoms with E-state index in [1.165, 1.54) is 5.57 Å². The predicted octanol–water partition coefficient (Wildman–Crippen LogP) is 5.62. The SMILES string of the molecule is C=C1C2CC3(OC(=O)C(CC(C)(C)C)C(C)(C)C)CC1C(CCO)C(C3)C2C. The number of ether oxygens (including phenoxy) is 1. The van der Waals surface area contributed by atoms with Gasteiger partial charge in [-0.3, -0.25) is 4.79 Å². The molecule has 0 saturated heterocycles. The van der Waals surface area contributed by atoms with Crippen LogP contribution in [0.15, 0.2) is 12.2 Å². The quantitative estimate of drug-likeness (QED) is 0.490. The molecular weight excluding hydrogens is 348 g/mol. The van der Waals surface area contributed by atoms with E-state index in [0.717, 1.165) is 32.1 Å². The van der Waals surface area contributed by atoms with Gasteiger partial charge in [0, 0.05) is 6.61 Å². The molecule has 0 heterocycles. The molecule has 28 heavy (non-hydrogen) atoms. The molecule has 4 bridgehead atoms. The van der Waals surface area contributed by atoms with Gasteiger partial charge in [-0.25, -0.2) is 0 Å². The highest BCUT2D eigenvalue weighted by atomic mass is 16.6. The van der Waals surface area contributed by atoms with Crippen LogP contribution in [0.4, 0.5) is 0 Å². The van der Waals surface area contributed by atoms with E-state index in [1.807, 2.05) is 0 Å². The second kappa shape index (κ2) is 7.15. The summed E-state index contributed by atoms with van der Waals surface area (Å²) in [6.45, 7) is 20.1. The van der Waals surface area contributed by atoms with Gasteiger partial charge < -0.3 is 9.84 Å². The van der Waals surface area contributed by atoms with Crippen molar-refractivity contribution in [3.63, 3.8) is 0 Å². The van der Waals surface area contributed by atoms with E-state index in [2.05, 4.69) is 55.0 Å². The van der Waals surface area contributed by atoms with Crippen molar-refractivity contribution in [3.05, 3.63) is 12.2 Å². The standard InChI is InChI=1S/C25H42O3/c1-15-18-11-25(12-19(15)17(9-10-26)20(13-25)16(18)2)28-22(27)21(24(6,7)8)14-23(3,4)5/h16-21,26H,1,9-14H2,2-8H3. The van der Waals surface area contributed by atoms with Crippen molar-refractivity contribution in [2.45, 2.75) is 86.2 Å². The van der Waals surface area contributed by atoms with Crippen LogP contribution in [-0.2, 0) is 9.53 Å². The number of aliphatic hydroxyl groups is 1. The maximum atomic E-state index is 13.4. The molecule has 0 aliphatic heterocycles. The number of aliphatic hydroxyl groups excluding tert-OH is 1. The van der Waals surface area contributed by atoms with E-state index in [9.17, 15) is 9.90 Å². The van der Waals surface area contributed by atoms with Gasteiger partial charge in [0.1, 0.15) is 5.60 Å². The highest BCUT2D eigenvalue weighted by Crippen LogP contribution is 2.64. The molecule has 0 spiro atoms. The Labute approximate surface area is 172 Å². The third kappa shape index (κ3) is 3.93. The molecule has 0 radical (unpaired) electrons. The Morgan fingerprint density at radius 1 is 1.18 bits per heavy atom. The third-order valence-corrected chi connectivity index (χ3v) is 8.05. The summed E-state index contributed by atoms with van der Waals surface area (Å²) < 4.78 is 6.47. The summed E-state index contributed by atoms with van der Waals surface area (Å²) in [6, 6.07) is 0. The predicted molar refractivity (Wildman–Crippen MR) is 114 cm³/mol. The lowest BCUT2D eigenvalue weighted by Crippen LogP contribution is -2.61. The van der Waals surface area contributed by atoms with Crippen molar-refractivity contribution in [1.29, 1.82) is 0 Å². The monoisotopic (exact) mass is 390 g/mol. The van der Waals surface area contributed by atoms with Gasteiger partial charge in [0.2, 0.25) is 0 Å². The van der Waals surface area contributed by atoms with Gasteiger partial charge >= 0.3 is 5.97 Å². The molecule has 160 valence electrons. The summed E-state index contributed by atoms with van der Waals surface area (Å²) >= 11 is 0. The second-order valence-corrected chi connectivity index (χ2v) is 12.4. The second-order valence-electron chi connectivity index (χ2n) is 12.4. The normalized spacial score (nSPS) is 38.6. The molecule has 4 rings (SSSR count). The minimum Gasteiger partial charge on any atom is -0.459 e. The maximum Gasteiger partial charge on any atom is 0.310 e. The van der Waals surface area contributed by atoms with Crippen molar-refractivity contribution < 1.29 is 14.6 Å². The van der Waals surface area contributed by atoms with E-state index in [1.54, 1.807) is 0 Å². The van der Waals surface area contributed by atoms with Gasteiger partial charge in [-0.2, -0.15) is 0 Å². The lowest BCUT2D eigenvalue weighted by Gasteiger charge is -2.63. The average Bonchev–Trinajstić information content (AvgIpc) is 2.54. The first-order chi connectivity index (χ1) is 12.8. The molecule has 0 aromatic heterocycles. The zero-order valence-electron chi connectivity index (χ0n) is 19.2. The minimum atomic E-state index is -0.307. The van der Waals surface area contributed by atoms with E-state index >= 15 is 0 Å². The van der Waals surface area contributed by atoms with Crippen LogP contribution in [0.2, 0.25) is 0 Å². The topological polar surface area (TPSA) is 46.5 Å². The highest BCUT2D eigenvalue weighted by Gasteiger charge is 2.61. The molecule has 4 fully saturated rings. The zero-order valence-corrected chi connectivity index (χ0v) is 19.2. The van der Waals surface area contributed by atoms with Crippen LogP contribution in [0, 0.1) is 46.3 Å². The Bertz CT molecular complexity index is 623. The first-order valence-corrected chi connectivity index (χ1v) is 11.3. The third-order valence-electron chi connectivity index (χ3n) is 8.05. The Balaban J connectivity index is 1.83. The van der Waals surface area contributed by atoms with E-state index in [-0.39, 0.29) is 34.9 Å². The summed E-state index contributed by atoms with van der Waals surface area (Å²) in [5.41, 5.74) is 1.03. The van der Waals surface area contributed by atoms with Crippen molar-refractivity contribution in [2.24, 2.45) is 46.3 Å². The molecule has 0 aromatic rings. The van der Waals surface area contributed by atoms with Gasteiger partial charge in [-0.05, 0) is 72.5 Å². The van der Waals surface area contributed by atoms with Crippen LogP contribution < -0.4 is 0 Å². The fourth-order valence-corrected chi connectivity index (χ4v) is 6.62. The first kappa shape index (κ1) is 21.9. The van der Waals surface area contributed by atoms with Crippen LogP contribution in [0.3, 0.4) is 0 Å². The summed E-state index contributed by atoms with van der Waals surface area (Å²) in [5, 5.41) is 9.59. The van der Waals surface area contributed by atoms with Gasteiger partial charge in [0.05, 0.1) is 5.92 Å². The molecule has 1 N–H and O–H groups in total. The molecule has 4 saturated carbocycles. The van der Waals surface area contributed by atoms with Crippen LogP contribution in [-0.4, -0.2) is 23.3 Å². The molecule has 0 amide bonds. The number of hydrogen-bond donors (Lipinski definition) is 1. The lowest BCUT2D eigenvalue weighted by atomic mass is 9.44. The van der Waals surface area contributed by atoms with Crippen LogP contribution in [0.5, 0.6) is 0 Å². The van der Waals surface area contributed by atoms with Crippen LogP contribution in [0.1, 0.15) is 80.6 Å². The van der Waals surface area contributed by atoms with Crippen LogP contribution >= 0.6 is 0 Å².